The number of anilines is 1. The first-order valence-electron chi connectivity index (χ1n) is 6.94. The van der Waals surface area contributed by atoms with Gasteiger partial charge in [-0.1, -0.05) is 13.0 Å². The van der Waals surface area contributed by atoms with Crippen LogP contribution in [-0.2, 0) is 4.79 Å². The van der Waals surface area contributed by atoms with Crippen LogP contribution in [0.15, 0.2) is 18.2 Å². The molecule has 6 heteroatoms. The Balaban J connectivity index is 2.69. The zero-order chi connectivity index (χ0) is 16.0. The number of urea groups is 1. The van der Waals surface area contributed by atoms with E-state index in [9.17, 15) is 14.7 Å². The first kappa shape index (κ1) is 16.8. The van der Waals surface area contributed by atoms with E-state index in [1.54, 1.807) is 19.1 Å². The Bertz CT molecular complexity index is 516. The molecule has 6 nitrogen and oxygen atoms in total. The third kappa shape index (κ3) is 4.66. The molecule has 0 aliphatic rings. The fourth-order valence-electron chi connectivity index (χ4n) is 1.93. The number of phenols is 1. The van der Waals surface area contributed by atoms with Crippen molar-refractivity contribution in [1.29, 1.82) is 0 Å². The molecular formula is C15H22N2O4. The number of amides is 2. The second-order valence-corrected chi connectivity index (χ2v) is 4.97. The zero-order valence-electron chi connectivity index (χ0n) is 12.6. The maximum atomic E-state index is 12.2. The molecule has 0 fully saturated rings. The molecule has 0 heterocycles. The summed E-state index contributed by atoms with van der Waals surface area (Å²) in [5, 5.41) is 21.1. The van der Waals surface area contributed by atoms with Crippen molar-refractivity contribution in [1.82, 2.24) is 5.32 Å². The van der Waals surface area contributed by atoms with Crippen molar-refractivity contribution < 1.29 is 19.8 Å². The average Bonchev–Trinajstić information content (AvgIpc) is 2.43. The van der Waals surface area contributed by atoms with Gasteiger partial charge in [0, 0.05) is 19.2 Å². The van der Waals surface area contributed by atoms with E-state index >= 15 is 0 Å². The number of rotatable bonds is 6. The lowest BCUT2D eigenvalue weighted by Gasteiger charge is -2.23. The Labute approximate surface area is 124 Å². The number of carbonyl (C=O) groups is 2. The Kier molecular flexibility index (Phi) is 6.02. The van der Waals surface area contributed by atoms with E-state index in [-0.39, 0.29) is 11.8 Å². The van der Waals surface area contributed by atoms with Crippen molar-refractivity contribution >= 4 is 17.7 Å². The summed E-state index contributed by atoms with van der Waals surface area (Å²) in [6.45, 7) is 6.04. The summed E-state index contributed by atoms with van der Waals surface area (Å²) in [4.78, 5) is 24.4. The minimum Gasteiger partial charge on any atom is -0.508 e. The van der Waals surface area contributed by atoms with Gasteiger partial charge in [0.2, 0.25) is 0 Å². The van der Waals surface area contributed by atoms with E-state index in [0.717, 1.165) is 5.56 Å². The monoisotopic (exact) mass is 294 g/mol. The summed E-state index contributed by atoms with van der Waals surface area (Å²) < 4.78 is 0. The number of hydrogen-bond acceptors (Lipinski definition) is 3. The highest BCUT2D eigenvalue weighted by Gasteiger charge is 2.17. The Morgan fingerprint density at radius 2 is 2.05 bits per heavy atom. The summed E-state index contributed by atoms with van der Waals surface area (Å²) >= 11 is 0. The van der Waals surface area contributed by atoms with Crippen LogP contribution in [0.1, 0.15) is 25.8 Å². The quantitative estimate of drug-likeness (QED) is 0.751. The molecule has 2 amide bonds. The minimum atomic E-state index is -0.875. The third-order valence-electron chi connectivity index (χ3n) is 3.32. The first-order chi connectivity index (χ1) is 9.86. The molecule has 0 saturated carbocycles. The molecule has 1 aromatic carbocycles. The highest BCUT2D eigenvalue weighted by molar-refractivity contribution is 5.93. The molecule has 1 atom stereocenters. The second kappa shape index (κ2) is 7.52. The van der Waals surface area contributed by atoms with Crippen molar-refractivity contribution in [2.24, 2.45) is 5.92 Å². The molecule has 21 heavy (non-hydrogen) atoms. The lowest BCUT2D eigenvalue weighted by Crippen LogP contribution is -2.41. The lowest BCUT2D eigenvalue weighted by molar-refractivity contribution is -0.141. The van der Waals surface area contributed by atoms with E-state index in [1.165, 1.54) is 11.0 Å². The number of carboxylic acid groups (broad SMARTS) is 1. The Morgan fingerprint density at radius 1 is 1.38 bits per heavy atom. The van der Waals surface area contributed by atoms with Crippen LogP contribution < -0.4 is 10.2 Å². The van der Waals surface area contributed by atoms with Crippen molar-refractivity contribution in [3.05, 3.63) is 23.8 Å². The number of nitrogens with zero attached hydrogens (tertiary/aromatic N) is 1. The van der Waals surface area contributed by atoms with Gasteiger partial charge in [0.05, 0.1) is 11.6 Å². The van der Waals surface area contributed by atoms with Crippen LogP contribution >= 0.6 is 0 Å². The summed E-state index contributed by atoms with van der Waals surface area (Å²) in [5.41, 5.74) is 1.52. The van der Waals surface area contributed by atoms with E-state index in [2.05, 4.69) is 5.32 Å². The SMILES string of the molecule is CCN(C(=O)NCCC(C)C(=O)O)c1cc(O)ccc1C. The van der Waals surface area contributed by atoms with Crippen LogP contribution in [-0.4, -0.2) is 35.3 Å². The van der Waals surface area contributed by atoms with Crippen molar-refractivity contribution in [2.75, 3.05) is 18.0 Å². The van der Waals surface area contributed by atoms with E-state index in [0.29, 0.717) is 25.2 Å². The fraction of sp³-hybridized carbons (Fsp3) is 0.467. The van der Waals surface area contributed by atoms with Crippen LogP contribution in [0.25, 0.3) is 0 Å². The maximum absolute atomic E-state index is 12.2. The highest BCUT2D eigenvalue weighted by Crippen LogP contribution is 2.24. The second-order valence-electron chi connectivity index (χ2n) is 4.97. The Hall–Kier alpha value is -2.24. The van der Waals surface area contributed by atoms with Crippen molar-refractivity contribution in [3.8, 4) is 5.75 Å². The standard InChI is InChI=1S/C15H22N2O4/c1-4-17(13-9-12(18)6-5-10(13)2)15(21)16-8-7-11(3)14(19)20/h5-6,9,11,18H,4,7-8H2,1-3H3,(H,16,21)(H,19,20). The molecule has 116 valence electrons. The number of aliphatic carboxylic acids is 1. The summed E-state index contributed by atoms with van der Waals surface area (Å²) in [6.07, 6.45) is 0.373. The highest BCUT2D eigenvalue weighted by atomic mass is 16.4. The third-order valence-corrected chi connectivity index (χ3v) is 3.32. The molecule has 0 aliphatic heterocycles. The van der Waals surface area contributed by atoms with Gasteiger partial charge in [-0.2, -0.15) is 0 Å². The first-order valence-corrected chi connectivity index (χ1v) is 6.94. The molecule has 0 aromatic heterocycles. The van der Waals surface area contributed by atoms with E-state index in [1.807, 2.05) is 13.8 Å². The number of carbonyl (C=O) groups excluding carboxylic acids is 1. The molecular weight excluding hydrogens is 272 g/mol. The van der Waals surface area contributed by atoms with Gasteiger partial charge < -0.3 is 15.5 Å². The van der Waals surface area contributed by atoms with Crippen LogP contribution in [0.4, 0.5) is 10.5 Å². The van der Waals surface area contributed by atoms with Gasteiger partial charge in [-0.25, -0.2) is 4.79 Å². The van der Waals surface area contributed by atoms with Gasteiger partial charge in [0.1, 0.15) is 5.75 Å². The molecule has 3 N–H and O–H groups in total. The number of benzene rings is 1. The van der Waals surface area contributed by atoms with Gasteiger partial charge in [0.15, 0.2) is 0 Å². The predicted octanol–water partition coefficient (Wildman–Crippen LogP) is 2.35. The van der Waals surface area contributed by atoms with Gasteiger partial charge in [0.25, 0.3) is 0 Å². The molecule has 0 saturated heterocycles. The van der Waals surface area contributed by atoms with E-state index in [4.69, 9.17) is 5.11 Å². The van der Waals surface area contributed by atoms with Gasteiger partial charge >= 0.3 is 12.0 Å². The number of hydrogen-bond donors (Lipinski definition) is 3. The number of carboxylic acids is 1. The van der Waals surface area contributed by atoms with Gasteiger partial charge in [-0.05, 0) is 31.9 Å². The fourth-order valence-corrected chi connectivity index (χ4v) is 1.93. The molecule has 0 spiro atoms. The maximum Gasteiger partial charge on any atom is 0.321 e. The predicted molar refractivity (Wildman–Crippen MR) is 80.7 cm³/mol. The molecule has 1 unspecified atom stereocenters. The number of nitrogens with one attached hydrogen (secondary N) is 1. The van der Waals surface area contributed by atoms with E-state index < -0.39 is 11.9 Å². The lowest BCUT2D eigenvalue weighted by atomic mass is 10.1. The largest absolute Gasteiger partial charge is 0.508 e. The molecule has 1 rings (SSSR count). The van der Waals surface area contributed by atoms with Crippen LogP contribution in [0, 0.1) is 12.8 Å². The molecule has 0 aliphatic carbocycles. The summed E-state index contributed by atoms with van der Waals surface area (Å²) in [6, 6.07) is 4.55. The number of aromatic hydroxyl groups is 1. The minimum absolute atomic E-state index is 0.0985. The smallest absolute Gasteiger partial charge is 0.321 e. The van der Waals surface area contributed by atoms with Crippen LogP contribution in [0.3, 0.4) is 0 Å². The molecule has 0 radical (unpaired) electrons. The Morgan fingerprint density at radius 3 is 2.62 bits per heavy atom. The number of phenolic OH excluding ortho intramolecular Hbond substituents is 1. The summed E-state index contributed by atoms with van der Waals surface area (Å²) in [7, 11) is 0. The normalized spacial score (nSPS) is 11.8. The van der Waals surface area contributed by atoms with Crippen molar-refractivity contribution in [2.45, 2.75) is 27.2 Å². The van der Waals surface area contributed by atoms with Crippen molar-refractivity contribution in [3.63, 3.8) is 0 Å². The van der Waals surface area contributed by atoms with Gasteiger partial charge in [-0.15, -0.1) is 0 Å². The average molecular weight is 294 g/mol. The zero-order valence-corrected chi connectivity index (χ0v) is 12.6. The molecule has 0 bridgehead atoms. The van der Waals surface area contributed by atoms with Crippen LogP contribution in [0.5, 0.6) is 5.75 Å². The molecule has 1 aromatic rings. The summed E-state index contributed by atoms with van der Waals surface area (Å²) in [5.74, 6) is -1.27. The number of aryl methyl sites for hydroxylation is 1. The van der Waals surface area contributed by atoms with Crippen LogP contribution in [0.2, 0.25) is 0 Å². The van der Waals surface area contributed by atoms with Gasteiger partial charge in [-0.3, -0.25) is 9.69 Å². The topological polar surface area (TPSA) is 89.9 Å².